The van der Waals surface area contributed by atoms with Crippen molar-refractivity contribution >= 4 is 22.2 Å². The highest BCUT2D eigenvalue weighted by molar-refractivity contribution is 7.15. The number of thiazole rings is 1. The molecule has 0 aliphatic heterocycles. The van der Waals surface area contributed by atoms with E-state index in [9.17, 15) is 4.79 Å². The molecule has 18 heavy (non-hydrogen) atoms. The highest BCUT2D eigenvalue weighted by atomic mass is 32.1. The Balaban J connectivity index is 1.74. The summed E-state index contributed by atoms with van der Waals surface area (Å²) in [4.78, 5) is 21.1. The van der Waals surface area contributed by atoms with E-state index in [1.54, 1.807) is 28.4 Å². The van der Waals surface area contributed by atoms with E-state index in [-0.39, 0.29) is 5.91 Å². The summed E-state index contributed by atoms with van der Waals surface area (Å²) in [5.41, 5.74) is 1.44. The van der Waals surface area contributed by atoms with E-state index >= 15 is 0 Å². The van der Waals surface area contributed by atoms with Crippen molar-refractivity contribution < 1.29 is 4.79 Å². The molecule has 0 saturated carbocycles. The molecule has 5 nitrogen and oxygen atoms in total. The summed E-state index contributed by atoms with van der Waals surface area (Å²) in [5.74, 6) is -0.120. The second-order valence-corrected chi connectivity index (χ2v) is 4.54. The molecule has 0 saturated heterocycles. The van der Waals surface area contributed by atoms with Crippen LogP contribution in [0.2, 0.25) is 0 Å². The van der Waals surface area contributed by atoms with Crippen molar-refractivity contribution in [1.29, 1.82) is 0 Å². The molecule has 0 bridgehead atoms. The predicted molar refractivity (Wildman–Crippen MR) is 68.5 cm³/mol. The molecular weight excluding hydrogens is 248 g/mol. The molecule has 0 radical (unpaired) electrons. The van der Waals surface area contributed by atoms with Gasteiger partial charge in [-0.2, -0.15) is 0 Å². The number of carbonyl (C=O) groups is 1. The first-order valence-electron chi connectivity index (χ1n) is 5.43. The summed E-state index contributed by atoms with van der Waals surface area (Å²) >= 11 is 1.45. The molecule has 0 aliphatic rings. The van der Waals surface area contributed by atoms with Crippen molar-refractivity contribution in [2.45, 2.75) is 6.54 Å². The van der Waals surface area contributed by atoms with Crippen molar-refractivity contribution in [1.82, 2.24) is 19.7 Å². The SMILES string of the molecule is O=C(NCc1ccccn1)c1csc2nccn12. The Morgan fingerprint density at radius 1 is 1.33 bits per heavy atom. The minimum Gasteiger partial charge on any atom is -0.345 e. The molecule has 3 rings (SSSR count). The first-order valence-corrected chi connectivity index (χ1v) is 6.31. The predicted octanol–water partition coefficient (Wildman–Crippen LogP) is 1.72. The lowest BCUT2D eigenvalue weighted by Gasteiger charge is -2.03. The molecule has 0 aromatic carbocycles. The van der Waals surface area contributed by atoms with Crippen LogP contribution in [-0.4, -0.2) is 20.3 Å². The summed E-state index contributed by atoms with van der Waals surface area (Å²) in [6.45, 7) is 0.422. The normalized spacial score (nSPS) is 10.7. The Kier molecular flexibility index (Phi) is 2.77. The van der Waals surface area contributed by atoms with Crippen molar-refractivity contribution in [2.75, 3.05) is 0 Å². The van der Waals surface area contributed by atoms with Gasteiger partial charge in [-0.1, -0.05) is 6.07 Å². The Hall–Kier alpha value is -2.21. The van der Waals surface area contributed by atoms with Crippen LogP contribution >= 0.6 is 11.3 Å². The van der Waals surface area contributed by atoms with E-state index in [2.05, 4.69) is 15.3 Å². The largest absolute Gasteiger partial charge is 0.345 e. The number of aromatic nitrogens is 3. The van der Waals surface area contributed by atoms with Gasteiger partial charge in [0.15, 0.2) is 4.96 Å². The fourth-order valence-corrected chi connectivity index (χ4v) is 2.48. The maximum Gasteiger partial charge on any atom is 0.269 e. The fraction of sp³-hybridized carbons (Fsp3) is 0.0833. The molecule has 0 spiro atoms. The lowest BCUT2D eigenvalue weighted by atomic mass is 10.3. The first-order chi connectivity index (χ1) is 8.84. The molecule has 3 aromatic rings. The smallest absolute Gasteiger partial charge is 0.269 e. The number of nitrogens with one attached hydrogen (secondary N) is 1. The number of nitrogens with zero attached hydrogens (tertiary/aromatic N) is 3. The van der Waals surface area contributed by atoms with Crippen LogP contribution in [0.25, 0.3) is 4.96 Å². The van der Waals surface area contributed by atoms with Crippen LogP contribution in [0.15, 0.2) is 42.2 Å². The summed E-state index contributed by atoms with van der Waals surface area (Å²) in [6.07, 6.45) is 5.17. The zero-order valence-electron chi connectivity index (χ0n) is 9.41. The summed E-state index contributed by atoms with van der Waals surface area (Å²) in [7, 11) is 0. The second kappa shape index (κ2) is 4.58. The minimum atomic E-state index is -0.120. The Labute approximate surface area is 107 Å². The van der Waals surface area contributed by atoms with Crippen molar-refractivity contribution in [3.63, 3.8) is 0 Å². The van der Waals surface area contributed by atoms with Gasteiger partial charge in [0, 0.05) is 24.0 Å². The van der Waals surface area contributed by atoms with Crippen LogP contribution < -0.4 is 5.32 Å². The highest BCUT2D eigenvalue weighted by Gasteiger charge is 2.11. The van der Waals surface area contributed by atoms with E-state index in [4.69, 9.17) is 0 Å². The maximum atomic E-state index is 12.0. The van der Waals surface area contributed by atoms with Crippen molar-refractivity contribution in [3.8, 4) is 0 Å². The Morgan fingerprint density at radius 2 is 2.28 bits per heavy atom. The molecule has 3 heterocycles. The van der Waals surface area contributed by atoms with Crippen LogP contribution in [0.3, 0.4) is 0 Å². The van der Waals surface area contributed by atoms with Crippen LogP contribution in [0.4, 0.5) is 0 Å². The van der Waals surface area contributed by atoms with Gasteiger partial charge < -0.3 is 5.32 Å². The number of amides is 1. The molecule has 0 atom stereocenters. The number of imidazole rings is 1. The quantitative estimate of drug-likeness (QED) is 0.778. The third kappa shape index (κ3) is 1.98. The van der Waals surface area contributed by atoms with Gasteiger partial charge in [0.05, 0.1) is 12.2 Å². The summed E-state index contributed by atoms with van der Waals surface area (Å²) in [5, 5.41) is 4.64. The van der Waals surface area contributed by atoms with Crippen LogP contribution in [0, 0.1) is 0 Å². The number of pyridine rings is 1. The summed E-state index contributed by atoms with van der Waals surface area (Å²) < 4.78 is 1.78. The standard InChI is InChI=1S/C12H10N4OS/c17-11(15-7-9-3-1-2-4-13-9)10-8-18-12-14-5-6-16(10)12/h1-6,8H,7H2,(H,15,17). The third-order valence-corrected chi connectivity index (χ3v) is 3.39. The molecular formula is C12H10N4OS. The average molecular weight is 258 g/mol. The first kappa shape index (κ1) is 10.9. The van der Waals surface area contributed by atoms with Gasteiger partial charge in [0.1, 0.15) is 5.69 Å². The van der Waals surface area contributed by atoms with Crippen LogP contribution in [-0.2, 0) is 6.54 Å². The molecule has 0 fully saturated rings. The molecule has 0 unspecified atom stereocenters. The molecule has 90 valence electrons. The summed E-state index contributed by atoms with van der Waals surface area (Å²) in [6, 6.07) is 5.62. The van der Waals surface area contributed by atoms with Crippen molar-refractivity contribution in [2.24, 2.45) is 0 Å². The lowest BCUT2D eigenvalue weighted by molar-refractivity contribution is 0.0945. The molecule has 3 aromatic heterocycles. The molecule has 1 N–H and O–H groups in total. The number of fused-ring (bicyclic) bond motifs is 1. The van der Waals surface area contributed by atoms with E-state index in [1.807, 2.05) is 18.2 Å². The van der Waals surface area contributed by atoms with E-state index in [1.165, 1.54) is 11.3 Å². The molecule has 0 aliphatic carbocycles. The van der Waals surface area contributed by atoms with Crippen LogP contribution in [0.1, 0.15) is 16.2 Å². The van der Waals surface area contributed by atoms with Gasteiger partial charge in [-0.05, 0) is 12.1 Å². The lowest BCUT2D eigenvalue weighted by Crippen LogP contribution is -2.24. The molecule has 1 amide bonds. The van der Waals surface area contributed by atoms with E-state index in [0.717, 1.165) is 10.7 Å². The second-order valence-electron chi connectivity index (χ2n) is 3.70. The van der Waals surface area contributed by atoms with Gasteiger partial charge in [0.25, 0.3) is 5.91 Å². The topological polar surface area (TPSA) is 59.3 Å². The van der Waals surface area contributed by atoms with E-state index < -0.39 is 0 Å². The van der Waals surface area contributed by atoms with E-state index in [0.29, 0.717) is 12.2 Å². The molecule has 6 heteroatoms. The van der Waals surface area contributed by atoms with Gasteiger partial charge in [-0.25, -0.2) is 4.98 Å². The number of hydrogen-bond acceptors (Lipinski definition) is 4. The third-order valence-electron chi connectivity index (χ3n) is 2.53. The van der Waals surface area contributed by atoms with Crippen LogP contribution in [0.5, 0.6) is 0 Å². The number of rotatable bonds is 3. The maximum absolute atomic E-state index is 12.0. The zero-order chi connectivity index (χ0) is 12.4. The Morgan fingerprint density at radius 3 is 3.11 bits per heavy atom. The monoisotopic (exact) mass is 258 g/mol. The number of hydrogen-bond donors (Lipinski definition) is 1. The van der Waals surface area contributed by atoms with Gasteiger partial charge in [0.2, 0.25) is 0 Å². The highest BCUT2D eigenvalue weighted by Crippen LogP contribution is 2.14. The Bertz CT molecular complexity index is 674. The van der Waals surface area contributed by atoms with Gasteiger partial charge in [-0.15, -0.1) is 11.3 Å². The minimum absolute atomic E-state index is 0.120. The fourth-order valence-electron chi connectivity index (χ4n) is 1.65. The van der Waals surface area contributed by atoms with Gasteiger partial charge >= 0.3 is 0 Å². The van der Waals surface area contributed by atoms with Crippen molar-refractivity contribution in [3.05, 3.63) is 53.6 Å². The number of carbonyl (C=O) groups excluding carboxylic acids is 1. The zero-order valence-corrected chi connectivity index (χ0v) is 10.2. The average Bonchev–Trinajstić information content (AvgIpc) is 2.99. The van der Waals surface area contributed by atoms with Gasteiger partial charge in [-0.3, -0.25) is 14.2 Å².